The maximum Gasteiger partial charge on any atom is 0.238 e. The van der Waals surface area contributed by atoms with Crippen molar-refractivity contribution in [1.82, 2.24) is 20.0 Å². The molecule has 1 aromatic carbocycles. The van der Waals surface area contributed by atoms with Gasteiger partial charge in [-0.1, -0.05) is 41.9 Å². The Kier molecular flexibility index (Phi) is 6.04. The van der Waals surface area contributed by atoms with Crippen LogP contribution in [0.1, 0.15) is 23.6 Å². The van der Waals surface area contributed by atoms with Crippen LogP contribution in [0.5, 0.6) is 5.88 Å². The van der Waals surface area contributed by atoms with E-state index in [-0.39, 0.29) is 11.2 Å². The van der Waals surface area contributed by atoms with Gasteiger partial charge >= 0.3 is 0 Å². The molecule has 2 aromatic heterocycles. The first kappa shape index (κ1) is 18.2. The van der Waals surface area contributed by atoms with Gasteiger partial charge in [0.15, 0.2) is 5.15 Å². The Balaban J connectivity index is 1.75. The average Bonchev–Trinajstić information content (AvgIpc) is 3.08. The molecule has 0 amide bonds. The molecule has 0 saturated heterocycles. The Hall–Kier alpha value is -2.64. The van der Waals surface area contributed by atoms with Crippen molar-refractivity contribution in [2.45, 2.75) is 19.1 Å². The fourth-order valence-corrected chi connectivity index (χ4v) is 2.84. The molecular formula is C18H20ClN5O2. The molecule has 3 rings (SSSR count). The summed E-state index contributed by atoms with van der Waals surface area (Å²) in [5.41, 5.74) is 8.30. The van der Waals surface area contributed by atoms with E-state index in [9.17, 15) is 0 Å². The van der Waals surface area contributed by atoms with Crippen molar-refractivity contribution in [2.24, 2.45) is 0 Å². The molecule has 2 heterocycles. The summed E-state index contributed by atoms with van der Waals surface area (Å²) >= 11 is 6.04. The number of nitrogens with zero attached hydrogens (tertiary/aromatic N) is 4. The molecule has 3 aromatic rings. The van der Waals surface area contributed by atoms with E-state index in [4.69, 9.17) is 26.8 Å². The minimum atomic E-state index is -0.189. The average molecular weight is 374 g/mol. The first-order valence-corrected chi connectivity index (χ1v) is 8.53. The minimum absolute atomic E-state index is 0.189. The highest BCUT2D eigenvalue weighted by molar-refractivity contribution is 6.29. The summed E-state index contributed by atoms with van der Waals surface area (Å²) in [5.74, 6) is 0.400. The van der Waals surface area contributed by atoms with Crippen LogP contribution in [-0.2, 0) is 11.3 Å². The monoisotopic (exact) mass is 373 g/mol. The van der Waals surface area contributed by atoms with Gasteiger partial charge in [0.2, 0.25) is 5.88 Å². The number of benzene rings is 1. The predicted octanol–water partition coefficient (Wildman–Crippen LogP) is 3.11. The number of hydrogen-bond donors (Lipinski definition) is 1. The van der Waals surface area contributed by atoms with Gasteiger partial charge in [0.1, 0.15) is 0 Å². The van der Waals surface area contributed by atoms with Gasteiger partial charge in [0.25, 0.3) is 0 Å². The van der Waals surface area contributed by atoms with E-state index in [1.807, 2.05) is 30.3 Å². The van der Waals surface area contributed by atoms with E-state index in [1.165, 1.54) is 0 Å². The highest BCUT2D eigenvalue weighted by Crippen LogP contribution is 2.30. The maximum atomic E-state index is 6.04. The van der Waals surface area contributed by atoms with Gasteiger partial charge in [0, 0.05) is 18.4 Å². The quantitative estimate of drug-likeness (QED) is 0.610. The van der Waals surface area contributed by atoms with Crippen LogP contribution < -0.4 is 10.5 Å². The zero-order valence-corrected chi connectivity index (χ0v) is 15.1. The lowest BCUT2D eigenvalue weighted by Gasteiger charge is -2.19. The van der Waals surface area contributed by atoms with Gasteiger partial charge in [-0.3, -0.25) is 4.68 Å². The number of anilines is 1. The standard InChI is InChI=1S/C18H20ClN5O2/c1-25-18-15(9-17(19)22-23-18)16(24-11-14(20)10-21-24)7-8-26-12-13-5-3-2-4-6-13/h2-6,9-11,16H,7-8,12,20H2,1H3. The Morgan fingerprint density at radius 3 is 2.73 bits per heavy atom. The Labute approximate surface area is 156 Å². The van der Waals surface area contributed by atoms with E-state index in [0.29, 0.717) is 31.2 Å². The van der Waals surface area contributed by atoms with Crippen LogP contribution in [0.25, 0.3) is 0 Å². The fraction of sp³-hybridized carbons (Fsp3) is 0.278. The van der Waals surface area contributed by atoms with Crippen molar-refractivity contribution >= 4 is 17.3 Å². The smallest absolute Gasteiger partial charge is 0.238 e. The van der Waals surface area contributed by atoms with E-state index in [1.54, 1.807) is 30.3 Å². The predicted molar refractivity (Wildman–Crippen MR) is 99.1 cm³/mol. The second-order valence-electron chi connectivity index (χ2n) is 5.73. The number of methoxy groups -OCH3 is 1. The summed E-state index contributed by atoms with van der Waals surface area (Å²) in [5, 5.41) is 12.5. The lowest BCUT2D eigenvalue weighted by atomic mass is 10.1. The molecule has 1 unspecified atom stereocenters. The zero-order valence-electron chi connectivity index (χ0n) is 14.4. The van der Waals surface area contributed by atoms with Crippen LogP contribution in [0.15, 0.2) is 48.8 Å². The molecule has 0 saturated carbocycles. The third-order valence-electron chi connectivity index (χ3n) is 3.90. The first-order valence-electron chi connectivity index (χ1n) is 8.16. The van der Waals surface area contributed by atoms with Gasteiger partial charge in [-0.15, -0.1) is 10.2 Å². The van der Waals surface area contributed by atoms with Gasteiger partial charge < -0.3 is 15.2 Å². The second-order valence-corrected chi connectivity index (χ2v) is 6.12. The highest BCUT2D eigenvalue weighted by Gasteiger charge is 2.21. The van der Waals surface area contributed by atoms with Crippen LogP contribution in [0.2, 0.25) is 5.15 Å². The van der Waals surface area contributed by atoms with Crippen molar-refractivity contribution in [3.05, 3.63) is 65.1 Å². The first-order chi connectivity index (χ1) is 12.7. The minimum Gasteiger partial charge on any atom is -0.480 e. The van der Waals surface area contributed by atoms with E-state index >= 15 is 0 Å². The van der Waals surface area contributed by atoms with Gasteiger partial charge in [-0.25, -0.2) is 0 Å². The lowest BCUT2D eigenvalue weighted by molar-refractivity contribution is 0.110. The lowest BCUT2D eigenvalue weighted by Crippen LogP contribution is -2.16. The highest BCUT2D eigenvalue weighted by atomic mass is 35.5. The molecule has 0 aliphatic heterocycles. The third-order valence-corrected chi connectivity index (χ3v) is 4.08. The van der Waals surface area contributed by atoms with Crippen LogP contribution in [0.4, 0.5) is 5.69 Å². The maximum absolute atomic E-state index is 6.04. The van der Waals surface area contributed by atoms with E-state index < -0.39 is 0 Å². The summed E-state index contributed by atoms with van der Waals surface area (Å²) in [6, 6.07) is 11.6. The molecule has 0 radical (unpaired) electrons. The van der Waals surface area contributed by atoms with Crippen molar-refractivity contribution in [3.63, 3.8) is 0 Å². The molecule has 26 heavy (non-hydrogen) atoms. The number of hydrogen-bond acceptors (Lipinski definition) is 6. The Bertz CT molecular complexity index is 841. The van der Waals surface area contributed by atoms with E-state index in [2.05, 4.69) is 15.3 Å². The Morgan fingerprint density at radius 2 is 2.04 bits per heavy atom. The number of halogens is 1. The van der Waals surface area contributed by atoms with Crippen molar-refractivity contribution in [2.75, 3.05) is 19.5 Å². The molecule has 0 aliphatic carbocycles. The number of nitrogen functional groups attached to an aromatic ring is 1. The molecule has 2 N–H and O–H groups in total. The third kappa shape index (κ3) is 4.50. The number of ether oxygens (including phenoxy) is 2. The summed E-state index contributed by atoms with van der Waals surface area (Å²) in [6.45, 7) is 1.06. The molecule has 8 heteroatoms. The summed E-state index contributed by atoms with van der Waals surface area (Å²) in [6.07, 6.45) is 4.00. The molecule has 0 spiro atoms. The largest absolute Gasteiger partial charge is 0.480 e. The zero-order chi connectivity index (χ0) is 18.4. The number of nitrogens with two attached hydrogens (primary N) is 1. The van der Waals surface area contributed by atoms with Crippen LogP contribution in [0, 0.1) is 0 Å². The molecule has 0 bridgehead atoms. The SMILES string of the molecule is COc1nnc(Cl)cc1C(CCOCc1ccccc1)n1cc(N)cn1. The second kappa shape index (κ2) is 8.64. The normalized spacial score (nSPS) is 12.1. The van der Waals surface area contributed by atoms with Crippen molar-refractivity contribution in [3.8, 4) is 5.88 Å². The summed E-state index contributed by atoms with van der Waals surface area (Å²) in [7, 11) is 1.54. The molecule has 0 aliphatic rings. The van der Waals surface area contributed by atoms with Crippen LogP contribution >= 0.6 is 11.6 Å². The van der Waals surface area contributed by atoms with Crippen molar-refractivity contribution in [1.29, 1.82) is 0 Å². The number of aromatic nitrogens is 4. The van der Waals surface area contributed by atoms with Crippen LogP contribution in [0.3, 0.4) is 0 Å². The molecule has 1 atom stereocenters. The van der Waals surface area contributed by atoms with E-state index in [0.717, 1.165) is 11.1 Å². The van der Waals surface area contributed by atoms with Gasteiger partial charge in [-0.2, -0.15) is 5.10 Å². The van der Waals surface area contributed by atoms with Crippen LogP contribution in [-0.4, -0.2) is 33.7 Å². The Morgan fingerprint density at radius 1 is 1.23 bits per heavy atom. The topological polar surface area (TPSA) is 88.1 Å². The van der Waals surface area contributed by atoms with Gasteiger partial charge in [0.05, 0.1) is 31.6 Å². The molecular weight excluding hydrogens is 354 g/mol. The van der Waals surface area contributed by atoms with Gasteiger partial charge in [-0.05, 0) is 18.1 Å². The fourth-order valence-electron chi connectivity index (χ4n) is 2.68. The molecule has 136 valence electrons. The summed E-state index contributed by atoms with van der Waals surface area (Å²) in [4.78, 5) is 0. The number of rotatable bonds is 8. The molecule has 0 fully saturated rings. The summed E-state index contributed by atoms with van der Waals surface area (Å²) < 4.78 is 12.9. The van der Waals surface area contributed by atoms with Crippen molar-refractivity contribution < 1.29 is 9.47 Å². The molecule has 7 nitrogen and oxygen atoms in total.